The highest BCUT2D eigenvalue weighted by Crippen LogP contribution is 2.21. The fourth-order valence-electron chi connectivity index (χ4n) is 2.19. The predicted molar refractivity (Wildman–Crippen MR) is 79.7 cm³/mol. The van der Waals surface area contributed by atoms with Crippen LogP contribution >= 0.6 is 0 Å². The number of non-ortho nitro benzene ring substituents is 1. The van der Waals surface area contributed by atoms with Crippen molar-refractivity contribution < 1.29 is 22.9 Å². The summed E-state index contributed by atoms with van der Waals surface area (Å²) < 4.78 is 23.2. The van der Waals surface area contributed by atoms with E-state index >= 15 is 0 Å². The number of nitrogens with one attached hydrogen (secondary N) is 2. The van der Waals surface area contributed by atoms with Crippen LogP contribution in [0.3, 0.4) is 0 Å². The number of nitro benzene ring substituents is 1. The van der Waals surface area contributed by atoms with Gasteiger partial charge in [-0.3, -0.25) is 19.7 Å². The Morgan fingerprint density at radius 2 is 2.09 bits per heavy atom. The molecule has 0 aliphatic carbocycles. The van der Waals surface area contributed by atoms with Crippen LogP contribution in [-0.4, -0.2) is 44.0 Å². The molecule has 1 aromatic rings. The van der Waals surface area contributed by atoms with E-state index in [2.05, 4.69) is 10.6 Å². The van der Waals surface area contributed by atoms with Gasteiger partial charge in [-0.1, -0.05) is 0 Å². The summed E-state index contributed by atoms with van der Waals surface area (Å²) in [6, 6.07) is 2.18. The van der Waals surface area contributed by atoms with Crippen LogP contribution in [-0.2, 0) is 14.6 Å². The average Bonchev–Trinajstić information content (AvgIpc) is 2.48. The number of benzene rings is 1. The molecule has 1 aliphatic rings. The topological polar surface area (TPSA) is 135 Å². The van der Waals surface area contributed by atoms with Gasteiger partial charge >= 0.3 is 0 Å². The van der Waals surface area contributed by atoms with Gasteiger partial charge in [-0.05, 0) is 18.9 Å². The number of sulfone groups is 1. The fraction of sp³-hybridized carbons (Fsp3) is 0.385. The van der Waals surface area contributed by atoms with Crippen LogP contribution in [0.15, 0.2) is 23.1 Å². The summed E-state index contributed by atoms with van der Waals surface area (Å²) in [5.74, 6) is -1.07. The maximum Gasteiger partial charge on any atom is 0.271 e. The van der Waals surface area contributed by atoms with Crippen molar-refractivity contribution in [1.82, 2.24) is 10.6 Å². The molecule has 1 aliphatic heterocycles. The largest absolute Gasteiger partial charge is 0.354 e. The van der Waals surface area contributed by atoms with E-state index in [1.54, 1.807) is 0 Å². The third-order valence-corrected chi connectivity index (χ3v) is 4.48. The summed E-state index contributed by atoms with van der Waals surface area (Å²) in [5.41, 5.74) is -0.691. The molecule has 0 spiro atoms. The minimum Gasteiger partial charge on any atom is -0.354 e. The number of amides is 2. The van der Waals surface area contributed by atoms with Crippen LogP contribution < -0.4 is 10.6 Å². The molecule has 124 valence electrons. The van der Waals surface area contributed by atoms with Crippen molar-refractivity contribution in [3.05, 3.63) is 33.9 Å². The van der Waals surface area contributed by atoms with E-state index in [0.29, 0.717) is 19.4 Å². The minimum absolute atomic E-state index is 0.182. The molecule has 0 aromatic heterocycles. The minimum atomic E-state index is -3.72. The molecule has 0 radical (unpaired) electrons. The zero-order valence-corrected chi connectivity index (χ0v) is 13.1. The Balaban J connectivity index is 2.33. The number of nitrogens with zero attached hydrogens (tertiary/aromatic N) is 1. The van der Waals surface area contributed by atoms with Crippen LogP contribution in [0.25, 0.3) is 0 Å². The van der Waals surface area contributed by atoms with Crippen LogP contribution in [0.5, 0.6) is 0 Å². The van der Waals surface area contributed by atoms with Crippen LogP contribution in [0.4, 0.5) is 5.69 Å². The number of piperidine rings is 1. The molecule has 0 unspecified atom stereocenters. The van der Waals surface area contributed by atoms with Crippen molar-refractivity contribution in [2.45, 2.75) is 23.8 Å². The van der Waals surface area contributed by atoms with Crippen LogP contribution in [0.1, 0.15) is 23.2 Å². The molecule has 9 nitrogen and oxygen atoms in total. The number of rotatable bonds is 4. The van der Waals surface area contributed by atoms with E-state index in [0.717, 1.165) is 24.5 Å². The Bertz CT molecular complexity index is 774. The third kappa shape index (κ3) is 4.03. The predicted octanol–water partition coefficient (Wildman–Crippen LogP) is 0.00670. The Labute approximate surface area is 132 Å². The number of carbonyl (C=O) groups excluding carboxylic acids is 2. The highest BCUT2D eigenvalue weighted by Gasteiger charge is 2.25. The highest BCUT2D eigenvalue weighted by molar-refractivity contribution is 7.90. The average molecular weight is 341 g/mol. The van der Waals surface area contributed by atoms with E-state index < -0.39 is 32.4 Å². The molecule has 2 amide bonds. The van der Waals surface area contributed by atoms with E-state index in [1.165, 1.54) is 0 Å². The van der Waals surface area contributed by atoms with Crippen molar-refractivity contribution in [2.24, 2.45) is 0 Å². The van der Waals surface area contributed by atoms with Gasteiger partial charge in [0, 0.05) is 30.5 Å². The lowest BCUT2D eigenvalue weighted by Crippen LogP contribution is -2.50. The van der Waals surface area contributed by atoms with Gasteiger partial charge in [0.05, 0.1) is 9.82 Å². The van der Waals surface area contributed by atoms with Gasteiger partial charge in [0.25, 0.3) is 11.6 Å². The molecule has 0 saturated carbocycles. The SMILES string of the molecule is CS(=O)(=O)c1cc(C(=O)N[C@H]2CCCNC2=O)cc([N+](=O)[O-])c1. The summed E-state index contributed by atoms with van der Waals surface area (Å²) in [6.45, 7) is 0.528. The fourth-order valence-corrected chi connectivity index (χ4v) is 2.86. The summed E-state index contributed by atoms with van der Waals surface area (Å²) >= 11 is 0. The molecule has 2 rings (SSSR count). The zero-order valence-electron chi connectivity index (χ0n) is 12.2. The van der Waals surface area contributed by atoms with E-state index in [9.17, 15) is 28.1 Å². The van der Waals surface area contributed by atoms with Gasteiger partial charge < -0.3 is 10.6 Å². The van der Waals surface area contributed by atoms with Crippen LogP contribution in [0, 0.1) is 10.1 Å². The van der Waals surface area contributed by atoms with Crippen molar-refractivity contribution in [3.8, 4) is 0 Å². The number of hydrogen-bond donors (Lipinski definition) is 2. The second-order valence-corrected chi connectivity index (χ2v) is 7.22. The second kappa shape index (κ2) is 6.32. The first-order valence-corrected chi connectivity index (χ1v) is 8.66. The maximum absolute atomic E-state index is 12.2. The molecule has 0 bridgehead atoms. The smallest absolute Gasteiger partial charge is 0.271 e. The van der Waals surface area contributed by atoms with Gasteiger partial charge in [0.15, 0.2) is 9.84 Å². The summed E-state index contributed by atoms with van der Waals surface area (Å²) in [7, 11) is -3.72. The van der Waals surface area contributed by atoms with E-state index in [-0.39, 0.29) is 16.4 Å². The molecular weight excluding hydrogens is 326 g/mol. The van der Waals surface area contributed by atoms with Crippen molar-refractivity contribution in [1.29, 1.82) is 0 Å². The van der Waals surface area contributed by atoms with Crippen molar-refractivity contribution in [3.63, 3.8) is 0 Å². The first-order chi connectivity index (χ1) is 10.7. The Morgan fingerprint density at radius 1 is 1.39 bits per heavy atom. The highest BCUT2D eigenvalue weighted by atomic mass is 32.2. The van der Waals surface area contributed by atoms with E-state index in [4.69, 9.17) is 0 Å². The van der Waals surface area contributed by atoms with Crippen LogP contribution in [0.2, 0.25) is 0 Å². The Kier molecular flexibility index (Phi) is 4.64. The number of hydrogen-bond acceptors (Lipinski definition) is 6. The molecule has 1 aromatic carbocycles. The lowest BCUT2D eigenvalue weighted by atomic mass is 10.1. The normalized spacial score (nSPS) is 18.1. The lowest BCUT2D eigenvalue weighted by molar-refractivity contribution is -0.385. The molecule has 2 N–H and O–H groups in total. The molecule has 1 heterocycles. The van der Waals surface area contributed by atoms with Crippen molar-refractivity contribution in [2.75, 3.05) is 12.8 Å². The number of nitro groups is 1. The van der Waals surface area contributed by atoms with Gasteiger partial charge in [-0.25, -0.2) is 8.42 Å². The summed E-state index contributed by atoms with van der Waals surface area (Å²) in [4.78, 5) is 33.6. The Hall–Kier alpha value is -2.49. The molecule has 1 saturated heterocycles. The quantitative estimate of drug-likeness (QED) is 0.585. The monoisotopic (exact) mass is 341 g/mol. The third-order valence-electron chi connectivity index (χ3n) is 3.38. The molecule has 1 atom stereocenters. The first kappa shape index (κ1) is 16.9. The van der Waals surface area contributed by atoms with Gasteiger partial charge in [-0.15, -0.1) is 0 Å². The number of carbonyl (C=O) groups is 2. The standard InChI is InChI=1S/C13H15N3O6S/c1-23(21,22)10-6-8(5-9(7-10)16(19)20)12(17)15-11-3-2-4-14-13(11)18/h5-7,11H,2-4H2,1H3,(H,14,18)(H,15,17)/t11-/m0/s1. The molecule has 23 heavy (non-hydrogen) atoms. The lowest BCUT2D eigenvalue weighted by Gasteiger charge is -2.22. The van der Waals surface area contributed by atoms with Crippen molar-refractivity contribution >= 4 is 27.3 Å². The first-order valence-electron chi connectivity index (χ1n) is 6.76. The molecule has 10 heteroatoms. The van der Waals surface area contributed by atoms with E-state index in [1.807, 2.05) is 0 Å². The second-order valence-electron chi connectivity index (χ2n) is 5.20. The molecule has 1 fully saturated rings. The zero-order chi connectivity index (χ0) is 17.2. The Morgan fingerprint density at radius 3 is 2.65 bits per heavy atom. The van der Waals surface area contributed by atoms with Gasteiger partial charge in [0.1, 0.15) is 6.04 Å². The van der Waals surface area contributed by atoms with Gasteiger partial charge in [0.2, 0.25) is 5.91 Å². The maximum atomic E-state index is 12.2. The van der Waals surface area contributed by atoms with Gasteiger partial charge in [-0.2, -0.15) is 0 Å². The summed E-state index contributed by atoms with van der Waals surface area (Å²) in [5, 5.41) is 16.0. The molecular formula is C13H15N3O6S. The summed E-state index contributed by atoms with van der Waals surface area (Å²) in [6.07, 6.45) is 2.04.